The Kier molecular flexibility index (Phi) is 40.3. The van der Waals surface area contributed by atoms with Gasteiger partial charge in [0.05, 0.1) is 11.8 Å². The summed E-state index contributed by atoms with van der Waals surface area (Å²) in [6, 6.07) is 32.7. The van der Waals surface area contributed by atoms with E-state index in [1.165, 1.54) is 44.0 Å². The number of aliphatic hydroxyl groups excluding tert-OH is 1. The average molecular weight is 865 g/mol. The molecular formula is C57H92N4O2. The third-order valence-electron chi connectivity index (χ3n) is 8.75. The standard InChI is InChI=1S/C11H13NO.C11H11NO.C10H11N.C9H9N.8C2H6/c2*1-7-9-5-3-4-6-10(9)12-11(7)8(2)13;1-7-8(2)11-10-6-4-3-5-9(7)10;1-7-6-10-9-5-3-2-4-8(7)9;8*1-2/h3-6,8,12-13H,1-2H3;3-6,12H,1-2H3;3-6,11H,1-2H3;2-6,10H,1H3;8*1-2H3. The molecule has 63 heavy (non-hydrogen) atoms. The summed E-state index contributed by atoms with van der Waals surface area (Å²) in [4.78, 5) is 24.0. The van der Waals surface area contributed by atoms with Crippen molar-refractivity contribution in [1.82, 2.24) is 19.9 Å². The van der Waals surface area contributed by atoms with E-state index in [-0.39, 0.29) is 5.78 Å². The molecule has 1 atom stereocenters. The van der Waals surface area contributed by atoms with Gasteiger partial charge in [0.1, 0.15) is 0 Å². The Morgan fingerprint density at radius 3 is 1.13 bits per heavy atom. The lowest BCUT2D eigenvalue weighted by Crippen LogP contribution is -1.93. The second-order valence-corrected chi connectivity index (χ2v) is 12.0. The molecule has 6 nitrogen and oxygen atoms in total. The van der Waals surface area contributed by atoms with Crippen LogP contribution in [0.3, 0.4) is 0 Å². The summed E-state index contributed by atoms with van der Waals surface area (Å²) in [5, 5.41) is 14.5. The van der Waals surface area contributed by atoms with E-state index in [2.05, 4.69) is 89.2 Å². The lowest BCUT2D eigenvalue weighted by molar-refractivity contribution is 0.101. The third kappa shape index (κ3) is 20.2. The zero-order chi connectivity index (χ0) is 49.7. The van der Waals surface area contributed by atoms with Crippen molar-refractivity contribution in [2.24, 2.45) is 0 Å². The highest BCUT2D eigenvalue weighted by Gasteiger charge is 2.11. The first-order chi connectivity index (χ1) is 30.6. The number of benzene rings is 4. The largest absolute Gasteiger partial charge is 0.387 e. The number of nitrogens with one attached hydrogen (secondary N) is 4. The third-order valence-corrected chi connectivity index (χ3v) is 8.75. The molecule has 5 N–H and O–H groups in total. The zero-order valence-corrected chi connectivity index (χ0v) is 44.2. The molecule has 0 radical (unpaired) electrons. The van der Waals surface area contributed by atoms with Gasteiger partial charge in [-0.2, -0.15) is 0 Å². The van der Waals surface area contributed by atoms with Crippen LogP contribution in [0.25, 0.3) is 43.6 Å². The van der Waals surface area contributed by atoms with E-state index in [0.29, 0.717) is 0 Å². The Morgan fingerprint density at radius 1 is 0.444 bits per heavy atom. The van der Waals surface area contributed by atoms with Gasteiger partial charge in [-0.1, -0.05) is 184 Å². The average Bonchev–Trinajstić information content (AvgIpc) is 4.11. The molecule has 0 spiro atoms. The smallest absolute Gasteiger partial charge is 0.176 e. The second-order valence-electron chi connectivity index (χ2n) is 12.0. The van der Waals surface area contributed by atoms with Gasteiger partial charge in [-0.15, -0.1) is 0 Å². The van der Waals surface area contributed by atoms with Gasteiger partial charge in [-0.05, 0) is 88.1 Å². The molecule has 0 aliphatic heterocycles. The highest BCUT2D eigenvalue weighted by molar-refractivity contribution is 6.00. The first-order valence-electron chi connectivity index (χ1n) is 24.0. The summed E-state index contributed by atoms with van der Waals surface area (Å²) < 4.78 is 0. The van der Waals surface area contributed by atoms with E-state index in [0.717, 1.165) is 38.9 Å². The summed E-state index contributed by atoms with van der Waals surface area (Å²) in [6.07, 6.45) is 1.61. The van der Waals surface area contributed by atoms with Crippen LogP contribution >= 0.6 is 0 Å². The number of para-hydroxylation sites is 4. The monoisotopic (exact) mass is 865 g/mol. The number of aryl methyl sites for hydroxylation is 5. The van der Waals surface area contributed by atoms with Crippen molar-refractivity contribution in [1.29, 1.82) is 0 Å². The Labute approximate surface area is 385 Å². The molecule has 4 aromatic carbocycles. The van der Waals surface area contributed by atoms with Gasteiger partial charge in [0.2, 0.25) is 0 Å². The predicted octanol–water partition coefficient (Wildman–Crippen LogP) is 18.7. The number of H-pyrrole nitrogens is 4. The quantitative estimate of drug-likeness (QED) is 0.112. The van der Waals surface area contributed by atoms with E-state index in [1.54, 1.807) is 13.8 Å². The molecule has 0 aliphatic rings. The molecule has 0 saturated heterocycles. The van der Waals surface area contributed by atoms with Gasteiger partial charge in [0, 0.05) is 68.1 Å². The molecule has 8 rings (SSSR count). The number of aliphatic hydroxyl groups is 1. The summed E-state index contributed by atoms with van der Waals surface area (Å²) in [5.74, 6) is 0.0914. The maximum absolute atomic E-state index is 11.2. The minimum absolute atomic E-state index is 0.0914. The van der Waals surface area contributed by atoms with Crippen molar-refractivity contribution < 1.29 is 9.90 Å². The molecular weight excluding hydrogens is 773 g/mol. The van der Waals surface area contributed by atoms with E-state index in [1.807, 2.05) is 179 Å². The van der Waals surface area contributed by atoms with E-state index >= 15 is 0 Å². The number of carbonyl (C=O) groups is 1. The van der Waals surface area contributed by atoms with Crippen LogP contribution in [-0.4, -0.2) is 30.8 Å². The summed E-state index contributed by atoms with van der Waals surface area (Å²) in [5.41, 5.74) is 12.4. The first-order valence-corrected chi connectivity index (χ1v) is 24.0. The van der Waals surface area contributed by atoms with Crippen molar-refractivity contribution in [3.05, 3.63) is 143 Å². The number of aromatic nitrogens is 4. The number of aromatic amines is 4. The second kappa shape index (κ2) is 39.5. The minimum Gasteiger partial charge on any atom is -0.387 e. The van der Waals surface area contributed by atoms with E-state index in [4.69, 9.17) is 0 Å². The molecule has 1 unspecified atom stereocenters. The summed E-state index contributed by atoms with van der Waals surface area (Å²) in [7, 11) is 0. The number of ketones is 1. The van der Waals surface area contributed by atoms with Crippen LogP contribution in [0, 0.1) is 34.6 Å². The van der Waals surface area contributed by atoms with Gasteiger partial charge in [0.25, 0.3) is 0 Å². The Hall–Kier alpha value is -5.33. The molecule has 0 aliphatic carbocycles. The zero-order valence-electron chi connectivity index (χ0n) is 44.2. The fourth-order valence-corrected chi connectivity index (χ4v) is 5.99. The van der Waals surface area contributed by atoms with Crippen molar-refractivity contribution in [2.75, 3.05) is 0 Å². The maximum Gasteiger partial charge on any atom is 0.176 e. The number of hydrogen-bond donors (Lipinski definition) is 5. The number of fused-ring (bicyclic) bond motifs is 4. The van der Waals surface area contributed by atoms with Crippen molar-refractivity contribution >= 4 is 49.4 Å². The molecule has 4 aromatic heterocycles. The fourth-order valence-electron chi connectivity index (χ4n) is 5.99. The predicted molar refractivity (Wildman–Crippen MR) is 288 cm³/mol. The SMILES string of the molecule is CC.CC.CC.CC.CC.CC.CC.CC.CC(=O)c1[nH]c2ccccc2c1C.Cc1[nH]c2ccccc2c1C.Cc1c(C(C)O)[nH]c2ccccc12.Cc1c[nH]c2ccccc12. The van der Waals surface area contributed by atoms with Gasteiger partial charge in [-0.25, -0.2) is 0 Å². The van der Waals surface area contributed by atoms with Gasteiger partial charge in [0.15, 0.2) is 5.78 Å². The van der Waals surface area contributed by atoms with Gasteiger partial charge in [-0.3, -0.25) is 4.79 Å². The Balaban J connectivity index is -0.000000333. The minimum atomic E-state index is -0.424. The molecule has 4 heterocycles. The lowest BCUT2D eigenvalue weighted by atomic mass is 10.1. The number of Topliss-reactive ketones (excluding diaryl/α,β-unsaturated/α-hetero) is 1. The topological polar surface area (TPSA) is 100 Å². The highest BCUT2D eigenvalue weighted by Crippen LogP contribution is 2.25. The maximum atomic E-state index is 11.2. The van der Waals surface area contributed by atoms with E-state index < -0.39 is 6.10 Å². The fraction of sp³-hybridized carbons (Fsp3) is 0.421. The van der Waals surface area contributed by atoms with E-state index in [9.17, 15) is 9.90 Å². The van der Waals surface area contributed by atoms with Crippen LogP contribution in [0.15, 0.2) is 103 Å². The van der Waals surface area contributed by atoms with Crippen LogP contribution in [0.4, 0.5) is 0 Å². The van der Waals surface area contributed by atoms with Crippen LogP contribution < -0.4 is 0 Å². The first kappa shape index (κ1) is 64.3. The molecule has 6 heteroatoms. The molecule has 0 amide bonds. The molecule has 0 saturated carbocycles. The molecule has 0 fully saturated rings. The van der Waals surface area contributed by atoms with Crippen LogP contribution in [0.2, 0.25) is 0 Å². The summed E-state index contributed by atoms with van der Waals surface area (Å²) >= 11 is 0. The molecule has 352 valence electrons. The number of carbonyl (C=O) groups excluding carboxylic acids is 1. The lowest BCUT2D eigenvalue weighted by Gasteiger charge is -2.01. The van der Waals surface area contributed by atoms with Crippen LogP contribution in [0.5, 0.6) is 0 Å². The number of hydrogen-bond acceptors (Lipinski definition) is 2. The Morgan fingerprint density at radius 2 is 0.778 bits per heavy atom. The molecule has 0 bridgehead atoms. The molecule has 8 aromatic rings. The van der Waals surface area contributed by atoms with Crippen LogP contribution in [0.1, 0.15) is 175 Å². The Bertz CT molecular complexity index is 2280. The van der Waals surface area contributed by atoms with Crippen molar-refractivity contribution in [3.63, 3.8) is 0 Å². The van der Waals surface area contributed by atoms with Gasteiger partial charge >= 0.3 is 0 Å². The normalized spacial score (nSPS) is 9.27. The van der Waals surface area contributed by atoms with Crippen LogP contribution in [-0.2, 0) is 0 Å². The number of rotatable bonds is 2. The van der Waals surface area contributed by atoms with Gasteiger partial charge < -0.3 is 25.0 Å². The summed E-state index contributed by atoms with van der Waals surface area (Å²) in [6.45, 7) is 45.7. The van der Waals surface area contributed by atoms with Crippen molar-refractivity contribution in [3.8, 4) is 0 Å². The van der Waals surface area contributed by atoms with Crippen molar-refractivity contribution in [2.45, 2.75) is 165 Å². The highest BCUT2D eigenvalue weighted by atomic mass is 16.3.